The Labute approximate surface area is 65.6 Å². The fraction of sp³-hybridized carbons (Fsp3) is 1.00. The zero-order valence-electron chi connectivity index (χ0n) is 4.52. The highest BCUT2D eigenvalue weighted by Gasteiger charge is 2.13. The first kappa shape index (κ1) is 8.69. The quantitative estimate of drug-likeness (QED) is 0.371. The SMILES string of the molecule is CCC1CCOO1.[MgH2]. The molecule has 0 saturated carbocycles. The average Bonchev–Trinajstić information content (AvgIpc) is 2.14. The summed E-state index contributed by atoms with van der Waals surface area (Å²) < 4.78 is 0. The van der Waals surface area contributed by atoms with Crippen molar-refractivity contribution in [1.82, 2.24) is 0 Å². The zero-order valence-corrected chi connectivity index (χ0v) is 4.52. The van der Waals surface area contributed by atoms with E-state index in [0.29, 0.717) is 6.10 Å². The van der Waals surface area contributed by atoms with Crippen molar-refractivity contribution >= 4 is 23.1 Å². The van der Waals surface area contributed by atoms with Gasteiger partial charge in [0.05, 0.1) is 12.7 Å². The van der Waals surface area contributed by atoms with E-state index in [2.05, 4.69) is 11.8 Å². The highest BCUT2D eigenvalue weighted by atomic mass is 24.3. The molecule has 1 unspecified atom stereocenters. The van der Waals surface area contributed by atoms with Gasteiger partial charge in [-0.05, 0) is 6.42 Å². The topological polar surface area (TPSA) is 18.5 Å². The maximum atomic E-state index is 4.80. The van der Waals surface area contributed by atoms with E-state index < -0.39 is 0 Å². The van der Waals surface area contributed by atoms with Gasteiger partial charge in [-0.2, -0.15) is 0 Å². The van der Waals surface area contributed by atoms with Crippen molar-refractivity contribution in [1.29, 1.82) is 0 Å². The van der Waals surface area contributed by atoms with Gasteiger partial charge in [0.1, 0.15) is 0 Å². The summed E-state index contributed by atoms with van der Waals surface area (Å²) in [4.78, 5) is 9.45. The second kappa shape index (κ2) is 4.55. The van der Waals surface area contributed by atoms with Gasteiger partial charge in [-0.25, -0.2) is 9.78 Å². The molecule has 2 nitrogen and oxygen atoms in total. The second-order valence-electron chi connectivity index (χ2n) is 1.74. The number of hydrogen-bond donors (Lipinski definition) is 0. The highest BCUT2D eigenvalue weighted by Crippen LogP contribution is 2.10. The minimum Gasteiger partial charge on any atom is -0.236 e. The maximum absolute atomic E-state index is 4.80. The lowest BCUT2D eigenvalue weighted by Gasteiger charge is -1.97. The van der Waals surface area contributed by atoms with Gasteiger partial charge in [0.25, 0.3) is 0 Å². The van der Waals surface area contributed by atoms with Crippen LogP contribution in [0.1, 0.15) is 19.8 Å². The van der Waals surface area contributed by atoms with Crippen molar-refractivity contribution in [2.75, 3.05) is 6.61 Å². The lowest BCUT2D eigenvalue weighted by molar-refractivity contribution is -0.274. The molecule has 0 bridgehead atoms. The van der Waals surface area contributed by atoms with Crippen molar-refractivity contribution in [3.05, 3.63) is 0 Å². The fourth-order valence-corrected chi connectivity index (χ4v) is 0.644. The molecule has 1 fully saturated rings. The fourth-order valence-electron chi connectivity index (χ4n) is 0.644. The molecule has 46 valence electrons. The summed E-state index contributed by atoms with van der Waals surface area (Å²) in [6.45, 7) is 2.87. The molecule has 1 rings (SSSR count). The summed E-state index contributed by atoms with van der Waals surface area (Å²) in [7, 11) is 0. The van der Waals surface area contributed by atoms with E-state index in [1.54, 1.807) is 0 Å². The van der Waals surface area contributed by atoms with Crippen LogP contribution in [0.2, 0.25) is 0 Å². The van der Waals surface area contributed by atoms with Crippen molar-refractivity contribution in [2.24, 2.45) is 0 Å². The maximum Gasteiger partial charge on any atom is 0.316 e. The van der Waals surface area contributed by atoms with Gasteiger partial charge in [-0.15, -0.1) is 0 Å². The van der Waals surface area contributed by atoms with Crippen LogP contribution in [0.5, 0.6) is 0 Å². The average molecular weight is 128 g/mol. The Morgan fingerprint density at radius 1 is 1.62 bits per heavy atom. The van der Waals surface area contributed by atoms with E-state index in [0.717, 1.165) is 19.4 Å². The lowest BCUT2D eigenvalue weighted by atomic mass is 10.2. The minimum atomic E-state index is 0. The van der Waals surface area contributed by atoms with Crippen LogP contribution < -0.4 is 0 Å². The zero-order chi connectivity index (χ0) is 5.11. The van der Waals surface area contributed by atoms with E-state index in [9.17, 15) is 0 Å². The summed E-state index contributed by atoms with van der Waals surface area (Å²) in [6, 6.07) is 0. The third-order valence-electron chi connectivity index (χ3n) is 1.18. The van der Waals surface area contributed by atoms with Gasteiger partial charge in [-0.1, -0.05) is 6.92 Å². The molecule has 1 heterocycles. The Kier molecular flexibility index (Phi) is 4.94. The molecule has 8 heavy (non-hydrogen) atoms. The largest absolute Gasteiger partial charge is 0.316 e. The molecule has 1 atom stereocenters. The Morgan fingerprint density at radius 2 is 2.38 bits per heavy atom. The van der Waals surface area contributed by atoms with Gasteiger partial charge in [0, 0.05) is 6.42 Å². The number of hydrogen-bond acceptors (Lipinski definition) is 2. The molecule has 0 aliphatic carbocycles. The summed E-state index contributed by atoms with van der Waals surface area (Å²) >= 11 is 0. The molecule has 1 aliphatic heterocycles. The van der Waals surface area contributed by atoms with Crippen LogP contribution in [-0.2, 0) is 9.78 Å². The monoisotopic (exact) mass is 128 g/mol. The van der Waals surface area contributed by atoms with Crippen LogP contribution in [0.4, 0.5) is 0 Å². The molecule has 0 aromatic rings. The molecule has 0 spiro atoms. The Hall–Kier alpha value is 0.686. The predicted octanol–water partition coefficient (Wildman–Crippen LogP) is 0.201. The molecule has 0 aromatic heterocycles. The van der Waals surface area contributed by atoms with Crippen LogP contribution in [-0.4, -0.2) is 35.8 Å². The van der Waals surface area contributed by atoms with Crippen LogP contribution in [0.15, 0.2) is 0 Å². The Morgan fingerprint density at radius 3 is 2.62 bits per heavy atom. The summed E-state index contributed by atoms with van der Waals surface area (Å²) in [6.07, 6.45) is 2.51. The van der Waals surface area contributed by atoms with Crippen LogP contribution >= 0.6 is 0 Å². The molecule has 0 aromatic carbocycles. The smallest absolute Gasteiger partial charge is 0.236 e. The predicted molar refractivity (Wildman–Crippen MR) is 34.3 cm³/mol. The highest BCUT2D eigenvalue weighted by molar-refractivity contribution is 5.75. The minimum absolute atomic E-state index is 0. The molecule has 0 amide bonds. The molecule has 3 heteroatoms. The summed E-state index contributed by atoms with van der Waals surface area (Å²) in [5.41, 5.74) is 0. The molecule has 0 N–H and O–H groups in total. The first-order valence-electron chi connectivity index (χ1n) is 2.71. The van der Waals surface area contributed by atoms with Crippen molar-refractivity contribution in [2.45, 2.75) is 25.9 Å². The van der Waals surface area contributed by atoms with E-state index in [4.69, 9.17) is 4.89 Å². The van der Waals surface area contributed by atoms with Crippen molar-refractivity contribution in [3.63, 3.8) is 0 Å². The third kappa shape index (κ3) is 2.30. The van der Waals surface area contributed by atoms with Crippen molar-refractivity contribution < 1.29 is 9.78 Å². The normalized spacial score (nSPS) is 27.4. The van der Waals surface area contributed by atoms with Crippen LogP contribution in [0.3, 0.4) is 0 Å². The van der Waals surface area contributed by atoms with Gasteiger partial charge >= 0.3 is 23.1 Å². The second-order valence-corrected chi connectivity index (χ2v) is 1.74. The first-order chi connectivity index (χ1) is 3.43. The van der Waals surface area contributed by atoms with E-state index in [1.165, 1.54) is 0 Å². The standard InChI is InChI=1S/C5H10O2.Mg.2H/c1-2-5-3-4-6-7-5;;;/h5H,2-4H2,1H3;;;. The summed E-state index contributed by atoms with van der Waals surface area (Å²) in [5.74, 6) is 0. The Bertz CT molecular complexity index is 52.4. The Balaban J connectivity index is 0.000000490. The van der Waals surface area contributed by atoms with Gasteiger partial charge in [-0.3, -0.25) is 0 Å². The van der Waals surface area contributed by atoms with Crippen molar-refractivity contribution in [3.8, 4) is 0 Å². The van der Waals surface area contributed by atoms with E-state index in [1.807, 2.05) is 0 Å². The van der Waals surface area contributed by atoms with Gasteiger partial charge in [0.15, 0.2) is 0 Å². The third-order valence-corrected chi connectivity index (χ3v) is 1.18. The molecule has 0 radical (unpaired) electrons. The van der Waals surface area contributed by atoms with Gasteiger partial charge in [0.2, 0.25) is 0 Å². The first-order valence-corrected chi connectivity index (χ1v) is 2.71. The van der Waals surface area contributed by atoms with E-state index in [-0.39, 0.29) is 23.1 Å². The van der Waals surface area contributed by atoms with E-state index >= 15 is 0 Å². The lowest BCUT2D eigenvalue weighted by Crippen LogP contribution is -2.00. The molecular formula is C5H12MgO2. The molecule has 1 aliphatic rings. The van der Waals surface area contributed by atoms with Crippen LogP contribution in [0, 0.1) is 0 Å². The number of rotatable bonds is 1. The van der Waals surface area contributed by atoms with Gasteiger partial charge < -0.3 is 0 Å². The molecular weight excluding hydrogens is 116 g/mol. The molecule has 1 saturated heterocycles. The summed E-state index contributed by atoms with van der Waals surface area (Å²) in [5, 5.41) is 0. The van der Waals surface area contributed by atoms with Crippen LogP contribution in [0.25, 0.3) is 0 Å².